The Morgan fingerprint density at radius 3 is 3.05 bits per heavy atom. The van der Waals surface area contributed by atoms with E-state index in [2.05, 4.69) is 33.1 Å². The quantitative estimate of drug-likeness (QED) is 0.864. The lowest BCUT2D eigenvalue weighted by Crippen LogP contribution is -2.46. The zero-order chi connectivity index (χ0) is 14.7. The molecule has 3 heterocycles. The summed E-state index contributed by atoms with van der Waals surface area (Å²) in [5.74, 6) is 0.981. The molecule has 1 atom stereocenters. The topological polar surface area (TPSA) is 32.3 Å². The summed E-state index contributed by atoms with van der Waals surface area (Å²) in [7, 11) is 2.19. The van der Waals surface area contributed by atoms with E-state index in [-0.39, 0.29) is 0 Å². The second-order valence-corrected chi connectivity index (χ2v) is 7.24. The molecule has 3 rings (SSSR count). The first-order valence-electron chi connectivity index (χ1n) is 7.19. The maximum absolute atomic E-state index is 6.01. The number of halogens is 1. The van der Waals surface area contributed by atoms with Gasteiger partial charge in [0, 0.05) is 36.8 Å². The third-order valence-corrected chi connectivity index (χ3v) is 5.15. The second-order valence-electron chi connectivity index (χ2n) is 5.44. The van der Waals surface area contributed by atoms with Crippen LogP contribution in [0.2, 0.25) is 4.34 Å². The molecular weight excluding hydrogens is 304 g/mol. The lowest BCUT2D eigenvalue weighted by atomic mass is 10.0. The van der Waals surface area contributed by atoms with Gasteiger partial charge in [-0.05, 0) is 44.2 Å². The SMILES string of the molecule is CN(Cc1ccc(Cl)s1)[C@H]1CCCN(c2cccnn2)C1. The van der Waals surface area contributed by atoms with Crippen LogP contribution >= 0.6 is 22.9 Å². The van der Waals surface area contributed by atoms with Crippen LogP contribution in [0.25, 0.3) is 0 Å². The normalized spacial score (nSPS) is 19.2. The van der Waals surface area contributed by atoms with Crippen LogP contribution in [0.3, 0.4) is 0 Å². The summed E-state index contributed by atoms with van der Waals surface area (Å²) in [4.78, 5) is 6.07. The van der Waals surface area contributed by atoms with Gasteiger partial charge in [-0.1, -0.05) is 11.6 Å². The fraction of sp³-hybridized carbons (Fsp3) is 0.467. The van der Waals surface area contributed by atoms with Gasteiger partial charge in [-0.2, -0.15) is 5.10 Å². The highest BCUT2D eigenvalue weighted by Gasteiger charge is 2.24. The van der Waals surface area contributed by atoms with E-state index in [1.165, 1.54) is 17.7 Å². The minimum Gasteiger partial charge on any atom is -0.354 e. The Bertz CT molecular complexity index is 574. The molecule has 1 aliphatic heterocycles. The largest absolute Gasteiger partial charge is 0.354 e. The summed E-state index contributed by atoms with van der Waals surface area (Å²) in [5, 5.41) is 8.21. The van der Waals surface area contributed by atoms with Gasteiger partial charge in [-0.15, -0.1) is 16.4 Å². The van der Waals surface area contributed by atoms with Crippen molar-refractivity contribution in [3.63, 3.8) is 0 Å². The molecule has 0 aromatic carbocycles. The average molecular weight is 323 g/mol. The average Bonchev–Trinajstić information content (AvgIpc) is 2.93. The van der Waals surface area contributed by atoms with E-state index in [4.69, 9.17) is 11.6 Å². The predicted octanol–water partition coefficient (Wildman–Crippen LogP) is 3.29. The van der Waals surface area contributed by atoms with Gasteiger partial charge in [0.1, 0.15) is 0 Å². The molecule has 0 aliphatic carbocycles. The van der Waals surface area contributed by atoms with Gasteiger partial charge in [0.15, 0.2) is 5.82 Å². The fourth-order valence-corrected chi connectivity index (χ4v) is 3.95. The summed E-state index contributed by atoms with van der Waals surface area (Å²) in [5.41, 5.74) is 0. The minimum atomic E-state index is 0.543. The Balaban J connectivity index is 1.62. The molecule has 21 heavy (non-hydrogen) atoms. The molecule has 0 N–H and O–H groups in total. The summed E-state index contributed by atoms with van der Waals surface area (Å²) in [6, 6.07) is 8.62. The number of thiophene rings is 1. The second kappa shape index (κ2) is 6.73. The standard InChI is InChI=1S/C15H19ClN4S/c1-19(11-13-6-7-14(16)21-13)12-4-3-9-20(10-12)15-5-2-8-17-18-15/h2,5-8,12H,3-4,9-11H2,1H3/t12-/m0/s1. The number of anilines is 1. The highest BCUT2D eigenvalue weighted by molar-refractivity contribution is 7.16. The van der Waals surface area contributed by atoms with Crippen LogP contribution in [-0.4, -0.2) is 41.3 Å². The van der Waals surface area contributed by atoms with E-state index < -0.39 is 0 Å². The molecular formula is C15H19ClN4S. The van der Waals surface area contributed by atoms with E-state index in [9.17, 15) is 0 Å². The molecule has 2 aromatic rings. The molecule has 1 fully saturated rings. The van der Waals surface area contributed by atoms with E-state index in [0.29, 0.717) is 6.04 Å². The van der Waals surface area contributed by atoms with Crippen LogP contribution in [0.15, 0.2) is 30.5 Å². The van der Waals surface area contributed by atoms with Gasteiger partial charge >= 0.3 is 0 Å². The zero-order valence-corrected chi connectivity index (χ0v) is 13.6. The highest BCUT2D eigenvalue weighted by Crippen LogP contribution is 2.25. The first-order valence-corrected chi connectivity index (χ1v) is 8.39. The van der Waals surface area contributed by atoms with Crippen molar-refractivity contribution in [3.8, 4) is 0 Å². The van der Waals surface area contributed by atoms with E-state index in [1.54, 1.807) is 17.5 Å². The van der Waals surface area contributed by atoms with Crippen molar-refractivity contribution in [2.75, 3.05) is 25.0 Å². The minimum absolute atomic E-state index is 0.543. The Kier molecular flexibility index (Phi) is 4.73. The Labute approximate surface area is 134 Å². The molecule has 6 heteroatoms. The molecule has 0 radical (unpaired) electrons. The number of piperidine rings is 1. The van der Waals surface area contributed by atoms with Crippen molar-refractivity contribution in [1.29, 1.82) is 0 Å². The van der Waals surface area contributed by atoms with Crippen molar-refractivity contribution in [3.05, 3.63) is 39.7 Å². The van der Waals surface area contributed by atoms with E-state index >= 15 is 0 Å². The monoisotopic (exact) mass is 322 g/mol. The maximum atomic E-state index is 6.01. The van der Waals surface area contributed by atoms with Crippen LogP contribution in [0.4, 0.5) is 5.82 Å². The van der Waals surface area contributed by atoms with Gasteiger partial charge in [0.25, 0.3) is 0 Å². The molecule has 0 amide bonds. The van der Waals surface area contributed by atoms with Crippen molar-refractivity contribution >= 4 is 28.8 Å². The van der Waals surface area contributed by atoms with Crippen LogP contribution in [-0.2, 0) is 6.54 Å². The Morgan fingerprint density at radius 2 is 2.33 bits per heavy atom. The van der Waals surface area contributed by atoms with Crippen LogP contribution in [0.1, 0.15) is 17.7 Å². The lowest BCUT2D eigenvalue weighted by Gasteiger charge is -2.37. The summed E-state index contributed by atoms with van der Waals surface area (Å²) >= 11 is 7.67. The predicted molar refractivity (Wildman–Crippen MR) is 88.1 cm³/mol. The van der Waals surface area contributed by atoms with Gasteiger partial charge in [-0.3, -0.25) is 4.90 Å². The molecule has 0 bridgehead atoms. The molecule has 1 aliphatic rings. The first-order chi connectivity index (χ1) is 10.2. The maximum Gasteiger partial charge on any atom is 0.151 e. The molecule has 4 nitrogen and oxygen atoms in total. The molecule has 1 saturated heterocycles. The Morgan fingerprint density at radius 1 is 1.43 bits per heavy atom. The number of nitrogens with zero attached hydrogens (tertiary/aromatic N) is 4. The lowest BCUT2D eigenvalue weighted by molar-refractivity contribution is 0.209. The highest BCUT2D eigenvalue weighted by atomic mass is 35.5. The van der Waals surface area contributed by atoms with Crippen molar-refractivity contribution in [2.24, 2.45) is 0 Å². The molecule has 0 unspecified atom stereocenters. The van der Waals surface area contributed by atoms with Crippen molar-refractivity contribution in [1.82, 2.24) is 15.1 Å². The van der Waals surface area contributed by atoms with Gasteiger partial charge in [-0.25, -0.2) is 0 Å². The third kappa shape index (κ3) is 3.73. The number of hydrogen-bond donors (Lipinski definition) is 0. The first kappa shape index (κ1) is 14.8. The van der Waals surface area contributed by atoms with Crippen LogP contribution in [0.5, 0.6) is 0 Å². The number of hydrogen-bond acceptors (Lipinski definition) is 5. The molecule has 2 aromatic heterocycles. The number of likely N-dealkylation sites (N-methyl/N-ethyl adjacent to an activating group) is 1. The Hall–Kier alpha value is -1.17. The van der Waals surface area contributed by atoms with Crippen LogP contribution < -0.4 is 4.90 Å². The van der Waals surface area contributed by atoms with Crippen LogP contribution in [0, 0.1) is 0 Å². The van der Waals surface area contributed by atoms with E-state index in [1.807, 2.05) is 18.2 Å². The van der Waals surface area contributed by atoms with Gasteiger partial charge in [0.05, 0.1) is 4.34 Å². The third-order valence-electron chi connectivity index (χ3n) is 3.94. The molecule has 0 saturated carbocycles. The molecule has 0 spiro atoms. The summed E-state index contributed by atoms with van der Waals surface area (Å²) < 4.78 is 0.864. The zero-order valence-electron chi connectivity index (χ0n) is 12.1. The van der Waals surface area contributed by atoms with Crippen molar-refractivity contribution in [2.45, 2.75) is 25.4 Å². The van der Waals surface area contributed by atoms with Gasteiger partial charge < -0.3 is 4.90 Å². The summed E-state index contributed by atoms with van der Waals surface area (Å²) in [6.07, 6.45) is 4.14. The fourth-order valence-electron chi connectivity index (χ4n) is 2.80. The smallest absolute Gasteiger partial charge is 0.151 e. The summed E-state index contributed by atoms with van der Waals surface area (Å²) in [6.45, 7) is 3.03. The van der Waals surface area contributed by atoms with Gasteiger partial charge in [0.2, 0.25) is 0 Å². The van der Waals surface area contributed by atoms with E-state index in [0.717, 1.165) is 29.8 Å². The number of aromatic nitrogens is 2. The number of rotatable bonds is 4. The van der Waals surface area contributed by atoms with Crippen molar-refractivity contribution < 1.29 is 0 Å². The molecule has 112 valence electrons.